The molecule has 2 amide bonds. The summed E-state index contributed by atoms with van der Waals surface area (Å²) in [6.45, 7) is 0. The Hall–Kier alpha value is -4.20. The van der Waals surface area contributed by atoms with Gasteiger partial charge < -0.3 is 29.2 Å². The van der Waals surface area contributed by atoms with Crippen molar-refractivity contribution in [3.8, 4) is 23.0 Å². The second-order valence-electron chi connectivity index (χ2n) is 10.2. The van der Waals surface area contributed by atoms with Crippen LogP contribution in [0.4, 0.5) is 5.69 Å². The van der Waals surface area contributed by atoms with E-state index in [-0.39, 0.29) is 17.9 Å². The van der Waals surface area contributed by atoms with E-state index in [1.54, 1.807) is 19.2 Å². The van der Waals surface area contributed by atoms with Gasteiger partial charge in [0.05, 0.1) is 40.4 Å². The van der Waals surface area contributed by atoms with E-state index in [0.29, 0.717) is 39.8 Å². The highest BCUT2D eigenvalue weighted by Gasteiger charge is 2.46. The van der Waals surface area contributed by atoms with E-state index in [1.165, 1.54) is 21.3 Å². The van der Waals surface area contributed by atoms with Gasteiger partial charge in [0.2, 0.25) is 11.7 Å². The van der Waals surface area contributed by atoms with Crippen molar-refractivity contribution in [2.24, 2.45) is 0 Å². The van der Waals surface area contributed by atoms with Crippen LogP contribution < -0.4 is 24.3 Å². The molecule has 0 bridgehead atoms. The first-order valence-electron chi connectivity index (χ1n) is 13.7. The zero-order valence-electron chi connectivity index (χ0n) is 23.4. The van der Waals surface area contributed by atoms with E-state index >= 15 is 0 Å². The fourth-order valence-electron chi connectivity index (χ4n) is 6.12. The summed E-state index contributed by atoms with van der Waals surface area (Å²) >= 11 is 0. The molecule has 1 aliphatic carbocycles. The van der Waals surface area contributed by atoms with Gasteiger partial charge in [0, 0.05) is 29.4 Å². The highest BCUT2D eigenvalue weighted by atomic mass is 16.5. The molecule has 1 heterocycles. The number of rotatable bonds is 8. The van der Waals surface area contributed by atoms with Crippen molar-refractivity contribution >= 4 is 17.5 Å². The topological polar surface area (TPSA) is 86.3 Å². The van der Waals surface area contributed by atoms with Crippen LogP contribution in [0.2, 0.25) is 0 Å². The summed E-state index contributed by atoms with van der Waals surface area (Å²) in [5.74, 6) is 1.13. The van der Waals surface area contributed by atoms with Crippen molar-refractivity contribution in [1.82, 2.24) is 4.90 Å². The number of nitrogens with one attached hydrogen (secondary N) is 1. The molecule has 3 aromatic rings. The van der Waals surface area contributed by atoms with Gasteiger partial charge in [-0.15, -0.1) is 0 Å². The molecule has 1 fully saturated rings. The third-order valence-electron chi connectivity index (χ3n) is 8.02. The van der Waals surface area contributed by atoms with E-state index in [2.05, 4.69) is 5.32 Å². The largest absolute Gasteiger partial charge is 0.497 e. The third-order valence-corrected chi connectivity index (χ3v) is 8.02. The molecule has 0 unspecified atom stereocenters. The minimum atomic E-state index is -0.650. The van der Waals surface area contributed by atoms with E-state index in [4.69, 9.17) is 18.9 Å². The number of amides is 2. The maximum atomic E-state index is 14.3. The zero-order valence-corrected chi connectivity index (χ0v) is 23.4. The molecule has 1 saturated carbocycles. The molecule has 0 aromatic heterocycles. The van der Waals surface area contributed by atoms with Gasteiger partial charge in [0.15, 0.2) is 11.5 Å². The Labute approximate surface area is 235 Å². The fraction of sp³-hybridized carbons (Fsp3) is 0.375. The number of anilines is 1. The molecule has 0 saturated heterocycles. The summed E-state index contributed by atoms with van der Waals surface area (Å²) in [6, 6.07) is 18.1. The normalized spacial score (nSPS) is 19.0. The lowest BCUT2D eigenvalue weighted by molar-refractivity contribution is -0.119. The minimum Gasteiger partial charge on any atom is -0.497 e. The van der Waals surface area contributed by atoms with Crippen molar-refractivity contribution in [3.63, 3.8) is 0 Å². The van der Waals surface area contributed by atoms with Gasteiger partial charge in [-0.25, -0.2) is 0 Å². The molecule has 40 heavy (non-hydrogen) atoms. The number of benzene rings is 3. The maximum absolute atomic E-state index is 14.3. The summed E-state index contributed by atoms with van der Waals surface area (Å²) in [5, 5.41) is 3.10. The van der Waals surface area contributed by atoms with Crippen LogP contribution in [0.25, 0.3) is 0 Å². The Morgan fingerprint density at radius 2 is 1.48 bits per heavy atom. The molecule has 8 heteroatoms. The lowest BCUT2D eigenvalue weighted by atomic mass is 9.77. The van der Waals surface area contributed by atoms with Gasteiger partial charge in [-0.3, -0.25) is 9.59 Å². The highest BCUT2D eigenvalue weighted by molar-refractivity contribution is 6.04. The van der Waals surface area contributed by atoms with Gasteiger partial charge in [-0.2, -0.15) is 0 Å². The number of carbonyl (C=O) groups is 2. The van der Waals surface area contributed by atoms with E-state index in [1.807, 2.05) is 53.4 Å². The maximum Gasteiger partial charge on any atom is 0.254 e. The summed E-state index contributed by atoms with van der Waals surface area (Å²) in [5.41, 5.74) is 2.68. The van der Waals surface area contributed by atoms with Gasteiger partial charge >= 0.3 is 0 Å². The molecule has 3 aromatic carbocycles. The molecular weight excluding hydrogens is 508 g/mol. The number of methoxy groups -OCH3 is 4. The molecule has 0 radical (unpaired) electrons. The summed E-state index contributed by atoms with van der Waals surface area (Å²) in [4.78, 5) is 30.4. The number of carbonyl (C=O) groups excluding carboxylic acids is 2. The number of hydrogen-bond donors (Lipinski definition) is 1. The van der Waals surface area contributed by atoms with Crippen LogP contribution in [0.15, 0.2) is 60.7 Å². The number of nitrogens with zero attached hydrogens (tertiary/aromatic N) is 1. The Kier molecular flexibility index (Phi) is 8.14. The molecule has 2 aliphatic rings. The molecule has 210 valence electrons. The second-order valence-corrected chi connectivity index (χ2v) is 10.2. The van der Waals surface area contributed by atoms with E-state index in [9.17, 15) is 9.59 Å². The standard InChI is InChI=1S/C32H36N2O6/c1-37-23-16-14-20(15-17-23)29-28(31(35)33-21-18-26(38-2)30(40-4)27(19-21)39-3)24-12-8-9-13-25(24)32(36)34(29)22-10-6-5-7-11-22/h8-9,12-19,22,28-29H,5-7,10-11H2,1-4H3,(H,33,35)/t28-,29+/m0/s1. The number of fused-ring (bicyclic) bond motifs is 1. The summed E-state index contributed by atoms with van der Waals surface area (Å²) in [6.07, 6.45) is 5.12. The first-order valence-corrected chi connectivity index (χ1v) is 13.7. The molecular formula is C32H36N2O6. The predicted molar refractivity (Wildman–Crippen MR) is 153 cm³/mol. The van der Waals surface area contributed by atoms with Crippen LogP contribution in [0.1, 0.15) is 65.5 Å². The molecule has 0 spiro atoms. The van der Waals surface area contributed by atoms with Crippen LogP contribution in [0.5, 0.6) is 23.0 Å². The van der Waals surface area contributed by atoms with Gasteiger partial charge in [-0.1, -0.05) is 49.6 Å². The Bertz CT molecular complexity index is 1340. The third kappa shape index (κ3) is 5.06. The lowest BCUT2D eigenvalue weighted by Gasteiger charge is -2.46. The zero-order chi connectivity index (χ0) is 28.2. The smallest absolute Gasteiger partial charge is 0.254 e. The van der Waals surface area contributed by atoms with E-state index < -0.39 is 12.0 Å². The van der Waals surface area contributed by atoms with Crippen LogP contribution in [0, 0.1) is 0 Å². The van der Waals surface area contributed by atoms with Gasteiger partial charge in [0.1, 0.15) is 5.75 Å². The monoisotopic (exact) mass is 544 g/mol. The first-order chi connectivity index (χ1) is 19.5. The predicted octanol–water partition coefficient (Wildman–Crippen LogP) is 5.97. The minimum absolute atomic E-state index is 0.0276. The average molecular weight is 545 g/mol. The molecule has 1 N–H and O–H groups in total. The Morgan fingerprint density at radius 3 is 2.08 bits per heavy atom. The molecule has 5 rings (SSSR count). The van der Waals surface area contributed by atoms with Crippen LogP contribution >= 0.6 is 0 Å². The van der Waals surface area contributed by atoms with Crippen LogP contribution in [-0.2, 0) is 4.79 Å². The number of ether oxygens (including phenoxy) is 4. The van der Waals surface area contributed by atoms with Crippen molar-refractivity contribution in [2.75, 3.05) is 33.8 Å². The average Bonchev–Trinajstić information content (AvgIpc) is 3.00. The molecule has 2 atom stereocenters. The first kappa shape index (κ1) is 27.4. The van der Waals surface area contributed by atoms with E-state index in [0.717, 1.165) is 37.7 Å². The SMILES string of the molecule is COc1ccc([C@@H]2[C@@H](C(=O)Nc3cc(OC)c(OC)c(OC)c3)c3ccccc3C(=O)N2C2CCCCC2)cc1. The highest BCUT2D eigenvalue weighted by Crippen LogP contribution is 2.47. The fourth-order valence-corrected chi connectivity index (χ4v) is 6.12. The van der Waals surface area contributed by atoms with Crippen LogP contribution in [0.3, 0.4) is 0 Å². The number of hydrogen-bond acceptors (Lipinski definition) is 6. The van der Waals surface area contributed by atoms with Gasteiger partial charge in [0.25, 0.3) is 5.91 Å². The van der Waals surface area contributed by atoms with Crippen molar-refractivity contribution in [2.45, 2.75) is 50.1 Å². The molecule has 8 nitrogen and oxygen atoms in total. The summed E-state index contributed by atoms with van der Waals surface area (Å²) in [7, 11) is 6.23. The second kappa shape index (κ2) is 11.9. The Balaban J connectivity index is 1.62. The quantitative estimate of drug-likeness (QED) is 0.376. The van der Waals surface area contributed by atoms with Crippen molar-refractivity contribution in [1.29, 1.82) is 0 Å². The van der Waals surface area contributed by atoms with Crippen LogP contribution in [-0.4, -0.2) is 51.2 Å². The lowest BCUT2D eigenvalue weighted by Crippen LogP contribution is -2.51. The summed E-state index contributed by atoms with van der Waals surface area (Å²) < 4.78 is 21.9. The van der Waals surface area contributed by atoms with Crippen molar-refractivity contribution in [3.05, 3.63) is 77.4 Å². The van der Waals surface area contributed by atoms with Crippen molar-refractivity contribution < 1.29 is 28.5 Å². The molecule has 1 aliphatic heterocycles. The Morgan fingerprint density at radius 1 is 0.825 bits per heavy atom. The van der Waals surface area contributed by atoms with Gasteiger partial charge in [-0.05, 0) is 42.2 Å².